The number of rotatable bonds is 5. The van der Waals surface area contributed by atoms with Crippen LogP contribution in [0.2, 0.25) is 0 Å². The Kier molecular flexibility index (Phi) is 5.18. The molecule has 0 heterocycles. The van der Waals surface area contributed by atoms with Gasteiger partial charge in [0.2, 0.25) is 5.91 Å². The van der Waals surface area contributed by atoms with E-state index in [0.29, 0.717) is 17.9 Å². The summed E-state index contributed by atoms with van der Waals surface area (Å²) in [5.74, 6) is 0.0634. The topological polar surface area (TPSA) is 29.1 Å². The number of thioether (sulfide) groups is 1. The highest BCUT2D eigenvalue weighted by Crippen LogP contribution is 2.16. The zero-order valence-corrected chi connectivity index (χ0v) is 12.0. The maximum absolute atomic E-state index is 13.4. The number of hydrogen-bond donors (Lipinski definition) is 1. The summed E-state index contributed by atoms with van der Waals surface area (Å²) in [6, 6.07) is 14.7. The van der Waals surface area contributed by atoms with Crippen molar-refractivity contribution < 1.29 is 9.18 Å². The highest BCUT2D eigenvalue weighted by molar-refractivity contribution is 8.00. The minimum Gasteiger partial charge on any atom is -0.351 e. The van der Waals surface area contributed by atoms with Gasteiger partial charge in [0, 0.05) is 11.4 Å². The fourth-order valence-electron chi connectivity index (χ4n) is 1.66. The molecule has 0 spiro atoms. The third-order valence-electron chi connectivity index (χ3n) is 2.84. The van der Waals surface area contributed by atoms with Crippen LogP contribution in [0.4, 0.5) is 4.39 Å². The van der Waals surface area contributed by atoms with E-state index in [1.54, 1.807) is 13.0 Å². The number of amides is 1. The van der Waals surface area contributed by atoms with Crippen LogP contribution in [0.3, 0.4) is 0 Å². The third-order valence-corrected chi connectivity index (χ3v) is 3.85. The quantitative estimate of drug-likeness (QED) is 0.853. The third kappa shape index (κ3) is 4.38. The average Bonchev–Trinajstić information content (AvgIpc) is 2.47. The first-order valence-electron chi connectivity index (χ1n) is 6.35. The van der Waals surface area contributed by atoms with Crippen LogP contribution >= 0.6 is 11.8 Å². The summed E-state index contributed by atoms with van der Waals surface area (Å²) in [4.78, 5) is 12.8. The summed E-state index contributed by atoms with van der Waals surface area (Å²) < 4.78 is 13.4. The van der Waals surface area contributed by atoms with Crippen molar-refractivity contribution in [1.29, 1.82) is 0 Å². The first-order valence-corrected chi connectivity index (χ1v) is 7.33. The van der Waals surface area contributed by atoms with E-state index in [1.165, 1.54) is 17.8 Å². The molecule has 0 saturated carbocycles. The highest BCUT2D eigenvalue weighted by atomic mass is 32.2. The first kappa shape index (κ1) is 14.6. The SMILES string of the molecule is Cc1ccc(CNC(=O)CSc2ccccc2)cc1F. The Hall–Kier alpha value is -1.81. The van der Waals surface area contributed by atoms with Crippen LogP contribution in [0.1, 0.15) is 11.1 Å². The van der Waals surface area contributed by atoms with Gasteiger partial charge in [0.05, 0.1) is 5.75 Å². The summed E-state index contributed by atoms with van der Waals surface area (Å²) in [5.41, 5.74) is 1.38. The lowest BCUT2D eigenvalue weighted by Gasteiger charge is -2.06. The Morgan fingerprint density at radius 1 is 1.20 bits per heavy atom. The van der Waals surface area contributed by atoms with Crippen molar-refractivity contribution >= 4 is 17.7 Å². The molecule has 0 aliphatic carbocycles. The molecule has 0 aliphatic rings. The van der Waals surface area contributed by atoms with Crippen LogP contribution < -0.4 is 5.32 Å². The predicted octanol–water partition coefficient (Wildman–Crippen LogP) is 3.54. The molecule has 2 rings (SSSR count). The summed E-state index contributed by atoms with van der Waals surface area (Å²) in [6.45, 7) is 2.07. The molecule has 2 aromatic carbocycles. The monoisotopic (exact) mass is 289 g/mol. The van der Waals surface area contributed by atoms with Gasteiger partial charge in [-0.15, -0.1) is 11.8 Å². The fourth-order valence-corrected chi connectivity index (χ4v) is 2.41. The molecule has 0 aliphatic heterocycles. The predicted molar refractivity (Wildman–Crippen MR) is 80.1 cm³/mol. The second kappa shape index (κ2) is 7.10. The van der Waals surface area contributed by atoms with Crippen LogP contribution in [-0.4, -0.2) is 11.7 Å². The summed E-state index contributed by atoms with van der Waals surface area (Å²) in [6.07, 6.45) is 0. The molecule has 0 atom stereocenters. The van der Waals surface area contributed by atoms with Gasteiger partial charge < -0.3 is 5.32 Å². The van der Waals surface area contributed by atoms with Crippen LogP contribution in [-0.2, 0) is 11.3 Å². The summed E-state index contributed by atoms with van der Waals surface area (Å²) >= 11 is 1.48. The Labute approximate surface area is 122 Å². The van der Waals surface area contributed by atoms with Crippen molar-refractivity contribution in [1.82, 2.24) is 5.32 Å². The zero-order valence-electron chi connectivity index (χ0n) is 11.2. The zero-order chi connectivity index (χ0) is 14.4. The largest absolute Gasteiger partial charge is 0.351 e. The van der Waals surface area contributed by atoms with E-state index in [9.17, 15) is 9.18 Å². The molecule has 0 saturated heterocycles. The van der Waals surface area contributed by atoms with Crippen molar-refractivity contribution in [2.24, 2.45) is 0 Å². The van der Waals surface area contributed by atoms with Gasteiger partial charge in [-0.2, -0.15) is 0 Å². The smallest absolute Gasteiger partial charge is 0.230 e. The molecule has 1 amide bonds. The molecule has 1 N–H and O–H groups in total. The molecule has 2 nitrogen and oxygen atoms in total. The van der Waals surface area contributed by atoms with E-state index in [-0.39, 0.29) is 11.7 Å². The molecule has 20 heavy (non-hydrogen) atoms. The maximum Gasteiger partial charge on any atom is 0.230 e. The summed E-state index contributed by atoms with van der Waals surface area (Å²) in [5, 5.41) is 2.79. The Morgan fingerprint density at radius 3 is 2.65 bits per heavy atom. The van der Waals surface area contributed by atoms with Crippen LogP contribution in [0.15, 0.2) is 53.4 Å². The van der Waals surface area contributed by atoms with Crippen LogP contribution in [0, 0.1) is 12.7 Å². The van der Waals surface area contributed by atoms with Crippen molar-refractivity contribution in [3.05, 3.63) is 65.5 Å². The van der Waals surface area contributed by atoms with Gasteiger partial charge in [-0.05, 0) is 36.2 Å². The standard InChI is InChI=1S/C16H16FNOS/c1-12-7-8-13(9-15(12)17)10-18-16(19)11-20-14-5-3-2-4-6-14/h2-9H,10-11H2,1H3,(H,18,19). The van der Waals surface area contributed by atoms with E-state index >= 15 is 0 Å². The number of hydrogen-bond acceptors (Lipinski definition) is 2. The number of aryl methyl sites for hydroxylation is 1. The van der Waals surface area contributed by atoms with Gasteiger partial charge >= 0.3 is 0 Å². The number of carbonyl (C=O) groups excluding carboxylic acids is 1. The molecular formula is C16H16FNOS. The van der Waals surface area contributed by atoms with Crippen molar-refractivity contribution in [3.8, 4) is 0 Å². The Morgan fingerprint density at radius 2 is 1.95 bits per heavy atom. The van der Waals surface area contributed by atoms with Gasteiger partial charge in [-0.1, -0.05) is 30.3 Å². The normalized spacial score (nSPS) is 10.3. The second-order valence-electron chi connectivity index (χ2n) is 4.46. The van der Waals surface area contributed by atoms with Gasteiger partial charge in [0.1, 0.15) is 5.82 Å². The Balaban J connectivity index is 1.79. The molecule has 2 aromatic rings. The van der Waals surface area contributed by atoms with Gasteiger partial charge in [-0.25, -0.2) is 4.39 Å². The molecule has 104 valence electrons. The lowest BCUT2D eigenvalue weighted by atomic mass is 10.1. The van der Waals surface area contributed by atoms with E-state index < -0.39 is 0 Å². The minimum absolute atomic E-state index is 0.0557. The van der Waals surface area contributed by atoms with Gasteiger partial charge in [-0.3, -0.25) is 4.79 Å². The van der Waals surface area contributed by atoms with E-state index in [1.807, 2.05) is 36.4 Å². The lowest BCUT2D eigenvalue weighted by Crippen LogP contribution is -2.24. The van der Waals surface area contributed by atoms with Crippen LogP contribution in [0.25, 0.3) is 0 Å². The molecule has 0 radical (unpaired) electrons. The fraction of sp³-hybridized carbons (Fsp3) is 0.188. The molecule has 0 bridgehead atoms. The van der Waals surface area contributed by atoms with Crippen molar-refractivity contribution in [2.45, 2.75) is 18.4 Å². The number of carbonyl (C=O) groups is 1. The molecule has 0 unspecified atom stereocenters. The van der Waals surface area contributed by atoms with Crippen LogP contribution in [0.5, 0.6) is 0 Å². The van der Waals surface area contributed by atoms with Crippen molar-refractivity contribution in [2.75, 3.05) is 5.75 Å². The van der Waals surface area contributed by atoms with Gasteiger partial charge in [0.25, 0.3) is 0 Å². The second-order valence-corrected chi connectivity index (χ2v) is 5.51. The highest BCUT2D eigenvalue weighted by Gasteiger charge is 2.04. The first-order chi connectivity index (χ1) is 9.65. The van der Waals surface area contributed by atoms with E-state index in [0.717, 1.165) is 10.5 Å². The molecule has 4 heteroatoms. The Bertz CT molecular complexity index is 586. The molecular weight excluding hydrogens is 273 g/mol. The molecule has 0 fully saturated rings. The maximum atomic E-state index is 13.4. The minimum atomic E-state index is -0.240. The molecule has 0 aromatic heterocycles. The van der Waals surface area contributed by atoms with E-state index in [4.69, 9.17) is 0 Å². The number of nitrogens with one attached hydrogen (secondary N) is 1. The number of halogens is 1. The van der Waals surface area contributed by atoms with E-state index in [2.05, 4.69) is 5.32 Å². The van der Waals surface area contributed by atoms with Gasteiger partial charge in [0.15, 0.2) is 0 Å². The lowest BCUT2D eigenvalue weighted by molar-refractivity contribution is -0.118. The summed E-state index contributed by atoms with van der Waals surface area (Å²) in [7, 11) is 0. The van der Waals surface area contributed by atoms with Crippen molar-refractivity contribution in [3.63, 3.8) is 0 Å². The number of benzene rings is 2. The average molecular weight is 289 g/mol.